The van der Waals surface area contributed by atoms with E-state index in [0.717, 1.165) is 21.8 Å². The molecule has 0 saturated heterocycles. The molecule has 0 fully saturated rings. The molecule has 0 aliphatic carbocycles. The lowest BCUT2D eigenvalue weighted by molar-refractivity contribution is 0.781. The van der Waals surface area contributed by atoms with Gasteiger partial charge in [-0.05, 0) is 30.7 Å². The molecule has 0 radical (unpaired) electrons. The number of hydrogen-bond donors (Lipinski definition) is 1. The molecule has 0 bridgehead atoms. The van der Waals surface area contributed by atoms with Crippen LogP contribution in [0.1, 0.15) is 18.7 Å². The van der Waals surface area contributed by atoms with Gasteiger partial charge in [0.05, 0.1) is 5.69 Å². The van der Waals surface area contributed by atoms with Crippen LogP contribution < -0.4 is 5.73 Å². The van der Waals surface area contributed by atoms with Crippen LogP contribution in [0.25, 0.3) is 11.1 Å². The highest BCUT2D eigenvalue weighted by Crippen LogP contribution is 2.22. The van der Waals surface area contributed by atoms with Crippen molar-refractivity contribution in [2.24, 2.45) is 5.73 Å². The van der Waals surface area contributed by atoms with Crippen LogP contribution in [0, 0.1) is 0 Å². The van der Waals surface area contributed by atoms with Crippen LogP contribution in [0.4, 0.5) is 0 Å². The van der Waals surface area contributed by atoms with Crippen LogP contribution >= 0.6 is 11.6 Å². The second-order valence-corrected chi connectivity index (χ2v) is 4.21. The highest BCUT2D eigenvalue weighted by molar-refractivity contribution is 6.30. The summed E-state index contributed by atoms with van der Waals surface area (Å²) in [6.07, 6.45) is 1.82. The summed E-state index contributed by atoms with van der Waals surface area (Å²) < 4.78 is 0. The van der Waals surface area contributed by atoms with Crippen LogP contribution in [-0.2, 0) is 0 Å². The molecule has 1 unspecified atom stereocenters. The molecule has 1 aromatic heterocycles. The van der Waals surface area contributed by atoms with E-state index in [4.69, 9.17) is 17.3 Å². The third kappa shape index (κ3) is 2.40. The van der Waals surface area contributed by atoms with Crippen molar-refractivity contribution in [1.29, 1.82) is 0 Å². The Hall–Kier alpha value is -1.38. The Morgan fingerprint density at radius 2 is 2.00 bits per heavy atom. The number of benzene rings is 1. The van der Waals surface area contributed by atoms with E-state index in [1.54, 1.807) is 0 Å². The Balaban J connectivity index is 2.35. The molecule has 1 heterocycles. The quantitative estimate of drug-likeness (QED) is 0.862. The van der Waals surface area contributed by atoms with Crippen molar-refractivity contribution >= 4 is 11.6 Å². The molecule has 0 aliphatic rings. The van der Waals surface area contributed by atoms with Crippen molar-refractivity contribution in [3.05, 3.63) is 53.3 Å². The van der Waals surface area contributed by atoms with Gasteiger partial charge in [0.25, 0.3) is 0 Å². The number of aromatic nitrogens is 1. The van der Waals surface area contributed by atoms with Crippen molar-refractivity contribution in [3.63, 3.8) is 0 Å². The first-order chi connectivity index (χ1) is 7.66. The molecule has 82 valence electrons. The molecule has 0 saturated carbocycles. The zero-order valence-corrected chi connectivity index (χ0v) is 9.78. The van der Waals surface area contributed by atoms with E-state index in [1.165, 1.54) is 0 Å². The molecule has 2 nitrogen and oxygen atoms in total. The smallest absolute Gasteiger partial charge is 0.0568 e. The second kappa shape index (κ2) is 4.64. The topological polar surface area (TPSA) is 38.9 Å². The van der Waals surface area contributed by atoms with E-state index >= 15 is 0 Å². The van der Waals surface area contributed by atoms with Crippen molar-refractivity contribution in [1.82, 2.24) is 4.98 Å². The SMILES string of the molecule is CC(N)c1ccc(-c2cccc(Cl)c2)cn1. The summed E-state index contributed by atoms with van der Waals surface area (Å²) in [7, 11) is 0. The van der Waals surface area contributed by atoms with Gasteiger partial charge in [0, 0.05) is 22.8 Å². The maximum Gasteiger partial charge on any atom is 0.0568 e. The van der Waals surface area contributed by atoms with Gasteiger partial charge in [-0.15, -0.1) is 0 Å². The van der Waals surface area contributed by atoms with Crippen LogP contribution in [0.15, 0.2) is 42.6 Å². The third-order valence-electron chi connectivity index (χ3n) is 2.41. The van der Waals surface area contributed by atoms with Gasteiger partial charge in [0.15, 0.2) is 0 Å². The van der Waals surface area contributed by atoms with Crippen LogP contribution in [0.3, 0.4) is 0 Å². The predicted octanol–water partition coefficient (Wildman–Crippen LogP) is 3.42. The number of nitrogens with zero attached hydrogens (tertiary/aromatic N) is 1. The first kappa shape index (κ1) is 11.1. The number of halogens is 1. The molecule has 2 rings (SSSR count). The van der Waals surface area contributed by atoms with Gasteiger partial charge < -0.3 is 5.73 Å². The van der Waals surface area contributed by atoms with Gasteiger partial charge in [-0.2, -0.15) is 0 Å². The largest absolute Gasteiger partial charge is 0.323 e. The first-order valence-corrected chi connectivity index (χ1v) is 5.52. The minimum absolute atomic E-state index is 0.0339. The van der Waals surface area contributed by atoms with Crippen LogP contribution in [0.2, 0.25) is 5.02 Å². The zero-order chi connectivity index (χ0) is 11.5. The Bertz CT molecular complexity index is 478. The molecule has 0 spiro atoms. The van der Waals surface area contributed by atoms with Crippen LogP contribution in [0.5, 0.6) is 0 Å². The second-order valence-electron chi connectivity index (χ2n) is 3.77. The molecule has 0 aliphatic heterocycles. The molecule has 16 heavy (non-hydrogen) atoms. The van der Waals surface area contributed by atoms with E-state index in [1.807, 2.05) is 49.5 Å². The van der Waals surface area contributed by atoms with E-state index in [2.05, 4.69) is 4.98 Å². The summed E-state index contributed by atoms with van der Waals surface area (Å²) >= 11 is 5.94. The highest BCUT2D eigenvalue weighted by atomic mass is 35.5. The minimum atomic E-state index is -0.0339. The Morgan fingerprint density at radius 3 is 2.56 bits per heavy atom. The van der Waals surface area contributed by atoms with Gasteiger partial charge in [0.2, 0.25) is 0 Å². The summed E-state index contributed by atoms with van der Waals surface area (Å²) in [6, 6.07) is 11.6. The lowest BCUT2D eigenvalue weighted by atomic mass is 10.1. The van der Waals surface area contributed by atoms with E-state index in [0.29, 0.717) is 0 Å². The Kier molecular flexibility index (Phi) is 3.22. The Morgan fingerprint density at radius 1 is 1.19 bits per heavy atom. The van der Waals surface area contributed by atoms with E-state index in [-0.39, 0.29) is 6.04 Å². The number of rotatable bonds is 2. The predicted molar refractivity (Wildman–Crippen MR) is 67.3 cm³/mol. The normalized spacial score (nSPS) is 12.4. The summed E-state index contributed by atoms with van der Waals surface area (Å²) in [5.41, 5.74) is 8.75. The van der Waals surface area contributed by atoms with Gasteiger partial charge in [-0.25, -0.2) is 0 Å². The molecule has 2 aromatic rings. The third-order valence-corrected chi connectivity index (χ3v) is 2.65. The fourth-order valence-corrected chi connectivity index (χ4v) is 1.70. The van der Waals surface area contributed by atoms with Crippen molar-refractivity contribution in [3.8, 4) is 11.1 Å². The average molecular weight is 233 g/mol. The molecular weight excluding hydrogens is 220 g/mol. The van der Waals surface area contributed by atoms with Gasteiger partial charge in [0.1, 0.15) is 0 Å². The molecular formula is C13H13ClN2. The standard InChI is InChI=1S/C13H13ClN2/c1-9(15)13-6-5-11(8-16-13)10-3-2-4-12(14)7-10/h2-9H,15H2,1H3. The maximum absolute atomic E-state index is 5.94. The fraction of sp³-hybridized carbons (Fsp3) is 0.154. The maximum atomic E-state index is 5.94. The fourth-order valence-electron chi connectivity index (χ4n) is 1.51. The van der Waals surface area contributed by atoms with Crippen LogP contribution in [-0.4, -0.2) is 4.98 Å². The lowest BCUT2D eigenvalue weighted by Crippen LogP contribution is -2.06. The molecule has 1 aromatic carbocycles. The lowest BCUT2D eigenvalue weighted by Gasteiger charge is -2.06. The van der Waals surface area contributed by atoms with Gasteiger partial charge in [-0.1, -0.05) is 29.8 Å². The summed E-state index contributed by atoms with van der Waals surface area (Å²) in [4.78, 5) is 4.32. The number of nitrogens with two attached hydrogens (primary N) is 1. The summed E-state index contributed by atoms with van der Waals surface area (Å²) in [5.74, 6) is 0. The first-order valence-electron chi connectivity index (χ1n) is 5.14. The molecule has 3 heteroatoms. The highest BCUT2D eigenvalue weighted by Gasteiger charge is 2.02. The zero-order valence-electron chi connectivity index (χ0n) is 9.02. The van der Waals surface area contributed by atoms with Crippen molar-refractivity contribution < 1.29 is 0 Å². The molecule has 1 atom stereocenters. The van der Waals surface area contributed by atoms with Crippen molar-refractivity contribution in [2.45, 2.75) is 13.0 Å². The minimum Gasteiger partial charge on any atom is -0.323 e. The number of hydrogen-bond acceptors (Lipinski definition) is 2. The average Bonchev–Trinajstić information content (AvgIpc) is 2.29. The monoisotopic (exact) mass is 232 g/mol. The summed E-state index contributed by atoms with van der Waals surface area (Å²) in [5, 5.41) is 0.730. The van der Waals surface area contributed by atoms with Crippen molar-refractivity contribution in [2.75, 3.05) is 0 Å². The Labute approximate surface area is 100 Å². The molecule has 2 N–H and O–H groups in total. The summed E-state index contributed by atoms with van der Waals surface area (Å²) in [6.45, 7) is 1.92. The van der Waals surface area contributed by atoms with E-state index < -0.39 is 0 Å². The van der Waals surface area contributed by atoms with Gasteiger partial charge >= 0.3 is 0 Å². The van der Waals surface area contributed by atoms with E-state index in [9.17, 15) is 0 Å². The van der Waals surface area contributed by atoms with Gasteiger partial charge in [-0.3, -0.25) is 4.98 Å². The number of pyridine rings is 1. The molecule has 0 amide bonds.